The Kier molecular flexibility index (Phi) is 4.99. The molecule has 1 aliphatic heterocycles. The van der Waals surface area contributed by atoms with Gasteiger partial charge >= 0.3 is 0 Å². The van der Waals surface area contributed by atoms with Crippen LogP contribution in [0.2, 0.25) is 0 Å². The van der Waals surface area contributed by atoms with Crippen molar-refractivity contribution in [2.75, 3.05) is 39.8 Å². The quantitative estimate of drug-likeness (QED) is 0.584. The van der Waals surface area contributed by atoms with E-state index in [4.69, 9.17) is 15.9 Å². The molecule has 5 heteroatoms. The third-order valence-corrected chi connectivity index (χ3v) is 3.74. The fraction of sp³-hybridized carbons (Fsp3) is 0.643. The first-order chi connectivity index (χ1) is 9.19. The normalized spacial score (nSPS) is 25.0. The zero-order valence-electron chi connectivity index (χ0n) is 11.6. The number of guanidine groups is 1. The van der Waals surface area contributed by atoms with Gasteiger partial charge in [0.05, 0.1) is 6.10 Å². The highest BCUT2D eigenvalue weighted by molar-refractivity contribution is 5.74. The minimum absolute atomic E-state index is 0.193. The van der Waals surface area contributed by atoms with Crippen LogP contribution in [0.4, 0.5) is 0 Å². The maximum Gasteiger partial charge on any atom is 0.188 e. The lowest BCUT2D eigenvalue weighted by molar-refractivity contribution is 0.141. The standard InChI is InChI=1S/C14H24N4O/c1-19-13-5-2-4-12(10-13)11-17-6-3-7-18(9-8-17)14(15)16/h2,4,10,13H,3,5-9,11H2,1H3,(H3,15,16)/t13-/m1/s1. The predicted octanol–water partition coefficient (Wildman–Crippen LogP) is 0.789. The number of nitrogens with one attached hydrogen (secondary N) is 1. The largest absolute Gasteiger partial charge is 0.377 e. The SMILES string of the molecule is CO[C@H]1C=C(CN2CCCN(C(=N)N)CC2)C=CC1. The summed E-state index contributed by atoms with van der Waals surface area (Å²) in [5, 5.41) is 7.50. The van der Waals surface area contributed by atoms with Gasteiger partial charge in [-0.15, -0.1) is 0 Å². The number of nitrogens with two attached hydrogens (primary N) is 1. The topological polar surface area (TPSA) is 65.6 Å². The summed E-state index contributed by atoms with van der Waals surface area (Å²) < 4.78 is 5.38. The summed E-state index contributed by atoms with van der Waals surface area (Å²) >= 11 is 0. The third kappa shape index (κ3) is 4.08. The van der Waals surface area contributed by atoms with Crippen molar-refractivity contribution in [1.29, 1.82) is 5.41 Å². The minimum Gasteiger partial charge on any atom is -0.377 e. The van der Waals surface area contributed by atoms with E-state index in [1.54, 1.807) is 7.11 Å². The van der Waals surface area contributed by atoms with E-state index in [-0.39, 0.29) is 12.1 Å². The molecule has 1 aliphatic carbocycles. The Balaban J connectivity index is 1.87. The van der Waals surface area contributed by atoms with E-state index in [0.29, 0.717) is 0 Å². The van der Waals surface area contributed by atoms with E-state index in [0.717, 1.165) is 45.6 Å². The van der Waals surface area contributed by atoms with Gasteiger partial charge in [-0.05, 0) is 18.4 Å². The van der Waals surface area contributed by atoms with Crippen LogP contribution in [0.1, 0.15) is 12.8 Å². The fourth-order valence-electron chi connectivity index (χ4n) is 2.61. The van der Waals surface area contributed by atoms with Crippen LogP contribution >= 0.6 is 0 Å². The number of ether oxygens (including phenoxy) is 1. The van der Waals surface area contributed by atoms with E-state index in [9.17, 15) is 0 Å². The zero-order chi connectivity index (χ0) is 13.7. The number of rotatable bonds is 3. The molecule has 0 aromatic heterocycles. The molecule has 1 atom stereocenters. The highest BCUT2D eigenvalue weighted by Gasteiger charge is 2.17. The van der Waals surface area contributed by atoms with Crippen LogP contribution in [0.5, 0.6) is 0 Å². The summed E-state index contributed by atoms with van der Waals surface area (Å²) in [5.74, 6) is 0.193. The summed E-state index contributed by atoms with van der Waals surface area (Å²) in [6, 6.07) is 0. The van der Waals surface area contributed by atoms with Crippen LogP contribution in [0.3, 0.4) is 0 Å². The van der Waals surface area contributed by atoms with E-state index in [1.165, 1.54) is 5.57 Å². The molecular formula is C14H24N4O. The van der Waals surface area contributed by atoms with Crippen molar-refractivity contribution in [2.45, 2.75) is 18.9 Å². The van der Waals surface area contributed by atoms with Crippen molar-refractivity contribution in [2.24, 2.45) is 5.73 Å². The molecule has 0 aromatic carbocycles. The van der Waals surface area contributed by atoms with Crippen LogP contribution in [-0.2, 0) is 4.74 Å². The first kappa shape index (κ1) is 14.1. The smallest absolute Gasteiger partial charge is 0.188 e. The summed E-state index contributed by atoms with van der Waals surface area (Å²) in [7, 11) is 1.76. The van der Waals surface area contributed by atoms with Crippen molar-refractivity contribution in [3.63, 3.8) is 0 Å². The van der Waals surface area contributed by atoms with Crippen molar-refractivity contribution in [3.8, 4) is 0 Å². The van der Waals surface area contributed by atoms with E-state index in [2.05, 4.69) is 23.1 Å². The van der Waals surface area contributed by atoms with Crippen LogP contribution in [0.15, 0.2) is 23.8 Å². The first-order valence-corrected chi connectivity index (χ1v) is 6.90. The molecule has 1 heterocycles. The summed E-state index contributed by atoms with van der Waals surface area (Å²) in [6.07, 6.45) is 8.85. The van der Waals surface area contributed by atoms with E-state index >= 15 is 0 Å². The van der Waals surface area contributed by atoms with Crippen molar-refractivity contribution in [3.05, 3.63) is 23.8 Å². The second-order valence-corrected chi connectivity index (χ2v) is 5.16. The Hall–Kier alpha value is -1.33. The molecule has 0 amide bonds. The van der Waals surface area contributed by atoms with Gasteiger partial charge < -0.3 is 15.4 Å². The Bertz CT molecular complexity index is 378. The van der Waals surface area contributed by atoms with Gasteiger partial charge in [0, 0.05) is 39.8 Å². The molecule has 106 valence electrons. The predicted molar refractivity (Wildman–Crippen MR) is 77.2 cm³/mol. The maximum atomic E-state index is 7.50. The van der Waals surface area contributed by atoms with Gasteiger partial charge in [0.2, 0.25) is 0 Å². The number of hydrogen-bond donors (Lipinski definition) is 2. The molecule has 0 aromatic rings. The van der Waals surface area contributed by atoms with Crippen LogP contribution in [0, 0.1) is 5.41 Å². The molecular weight excluding hydrogens is 240 g/mol. The van der Waals surface area contributed by atoms with Crippen LogP contribution < -0.4 is 5.73 Å². The van der Waals surface area contributed by atoms with Crippen molar-refractivity contribution in [1.82, 2.24) is 9.80 Å². The van der Waals surface area contributed by atoms with Gasteiger partial charge in [-0.3, -0.25) is 10.3 Å². The molecule has 1 saturated heterocycles. The maximum absolute atomic E-state index is 7.50. The second-order valence-electron chi connectivity index (χ2n) is 5.16. The number of methoxy groups -OCH3 is 1. The van der Waals surface area contributed by atoms with E-state index < -0.39 is 0 Å². The number of hydrogen-bond acceptors (Lipinski definition) is 3. The Morgan fingerprint density at radius 3 is 3.00 bits per heavy atom. The molecule has 0 radical (unpaired) electrons. The molecule has 19 heavy (non-hydrogen) atoms. The monoisotopic (exact) mass is 264 g/mol. The lowest BCUT2D eigenvalue weighted by Gasteiger charge is -2.24. The lowest BCUT2D eigenvalue weighted by Crippen LogP contribution is -2.39. The van der Waals surface area contributed by atoms with Crippen LogP contribution in [0.25, 0.3) is 0 Å². The molecule has 2 rings (SSSR count). The molecule has 3 N–H and O–H groups in total. The van der Waals surface area contributed by atoms with Gasteiger partial charge in [0.1, 0.15) is 0 Å². The second kappa shape index (κ2) is 6.73. The molecule has 0 bridgehead atoms. The minimum atomic E-state index is 0.193. The van der Waals surface area contributed by atoms with Gasteiger partial charge in [0.25, 0.3) is 0 Å². The Morgan fingerprint density at radius 2 is 2.26 bits per heavy atom. The molecule has 5 nitrogen and oxygen atoms in total. The highest BCUT2D eigenvalue weighted by Crippen LogP contribution is 2.15. The fourth-order valence-corrected chi connectivity index (χ4v) is 2.61. The first-order valence-electron chi connectivity index (χ1n) is 6.90. The van der Waals surface area contributed by atoms with Gasteiger partial charge in [-0.25, -0.2) is 0 Å². The Morgan fingerprint density at radius 1 is 1.42 bits per heavy atom. The summed E-state index contributed by atoms with van der Waals surface area (Å²) in [6.45, 7) is 4.72. The van der Waals surface area contributed by atoms with Gasteiger partial charge in [0.15, 0.2) is 5.96 Å². The third-order valence-electron chi connectivity index (χ3n) is 3.74. The average Bonchev–Trinajstić information content (AvgIpc) is 2.65. The lowest BCUT2D eigenvalue weighted by atomic mass is 10.0. The zero-order valence-corrected chi connectivity index (χ0v) is 11.6. The van der Waals surface area contributed by atoms with Crippen molar-refractivity contribution >= 4 is 5.96 Å². The molecule has 1 fully saturated rings. The number of nitrogens with zero attached hydrogens (tertiary/aromatic N) is 2. The van der Waals surface area contributed by atoms with Crippen LogP contribution in [-0.4, -0.2) is 61.7 Å². The molecule has 0 unspecified atom stereocenters. The molecule has 2 aliphatic rings. The summed E-state index contributed by atoms with van der Waals surface area (Å²) in [4.78, 5) is 4.38. The van der Waals surface area contributed by atoms with Crippen molar-refractivity contribution < 1.29 is 4.74 Å². The summed E-state index contributed by atoms with van der Waals surface area (Å²) in [5.41, 5.74) is 6.88. The molecule has 0 saturated carbocycles. The van der Waals surface area contributed by atoms with Gasteiger partial charge in [-0.1, -0.05) is 18.2 Å². The Labute approximate surface area is 115 Å². The van der Waals surface area contributed by atoms with Gasteiger partial charge in [-0.2, -0.15) is 0 Å². The molecule has 0 spiro atoms. The average molecular weight is 264 g/mol. The highest BCUT2D eigenvalue weighted by atomic mass is 16.5. The van der Waals surface area contributed by atoms with E-state index in [1.807, 2.05) is 4.90 Å².